The molecule has 0 aromatic heterocycles. The molecule has 0 bridgehead atoms. The van der Waals surface area contributed by atoms with Crippen LogP contribution in [0.4, 0.5) is 0 Å². The Morgan fingerprint density at radius 2 is 1.00 bits per heavy atom. The molecule has 0 aliphatic carbocycles. The minimum Gasteiger partial charge on any atom is -0.497 e. The highest BCUT2D eigenvalue weighted by molar-refractivity contribution is 5.61. The summed E-state index contributed by atoms with van der Waals surface area (Å²) in [5, 5.41) is 0. The van der Waals surface area contributed by atoms with E-state index in [1.54, 1.807) is 34.5 Å². The lowest BCUT2D eigenvalue weighted by atomic mass is 10.1. The summed E-state index contributed by atoms with van der Waals surface area (Å²) < 4.78 is 21.5. The van der Waals surface area contributed by atoms with E-state index in [4.69, 9.17) is 18.9 Å². The number of benzene rings is 3. The molecule has 150 valence electrons. The van der Waals surface area contributed by atoms with Crippen molar-refractivity contribution >= 4 is 0 Å². The molecule has 0 spiro atoms. The third kappa shape index (κ3) is 5.07. The Kier molecular flexibility index (Phi) is 6.87. The van der Waals surface area contributed by atoms with E-state index < -0.39 is 0 Å². The molecule has 0 atom stereocenters. The molecular weight excluding hydrogens is 376 g/mol. The second-order valence-corrected chi connectivity index (χ2v) is 6.22. The molecule has 3 rings (SSSR count). The highest BCUT2D eigenvalue weighted by Gasteiger charge is 2.09. The quantitative estimate of drug-likeness (QED) is 0.606. The second-order valence-electron chi connectivity index (χ2n) is 6.22. The largest absolute Gasteiger partial charge is 0.497 e. The van der Waals surface area contributed by atoms with Crippen LogP contribution in [0.5, 0.6) is 23.0 Å². The normalized spacial score (nSPS) is 9.47. The first-order chi connectivity index (χ1) is 14.7. The van der Waals surface area contributed by atoms with E-state index in [1.807, 2.05) is 54.6 Å². The van der Waals surface area contributed by atoms with Gasteiger partial charge in [-0.05, 0) is 24.3 Å². The maximum atomic E-state index is 5.44. The summed E-state index contributed by atoms with van der Waals surface area (Å²) in [6.07, 6.45) is 0. The fourth-order valence-corrected chi connectivity index (χ4v) is 2.77. The average Bonchev–Trinajstić information content (AvgIpc) is 2.81. The number of methoxy groups -OCH3 is 4. The molecular formula is C26H22O4. The highest BCUT2D eigenvalue weighted by Crippen LogP contribution is 2.30. The SMILES string of the molecule is COc1cc(C#Cc2cc(OC)c(OC)cc2C#Cc2ccccc2)cc(OC)c1. The average molecular weight is 398 g/mol. The van der Waals surface area contributed by atoms with Crippen LogP contribution in [0.2, 0.25) is 0 Å². The molecule has 0 amide bonds. The molecule has 4 nitrogen and oxygen atoms in total. The van der Waals surface area contributed by atoms with Crippen molar-refractivity contribution in [3.63, 3.8) is 0 Å². The Morgan fingerprint density at radius 3 is 1.47 bits per heavy atom. The highest BCUT2D eigenvalue weighted by atomic mass is 16.5. The van der Waals surface area contributed by atoms with E-state index in [1.165, 1.54) is 0 Å². The van der Waals surface area contributed by atoms with Crippen molar-refractivity contribution in [3.8, 4) is 46.7 Å². The van der Waals surface area contributed by atoms with Gasteiger partial charge in [0.25, 0.3) is 0 Å². The maximum Gasteiger partial charge on any atom is 0.162 e. The summed E-state index contributed by atoms with van der Waals surface area (Å²) in [6.45, 7) is 0. The molecule has 0 saturated carbocycles. The number of hydrogen-bond acceptors (Lipinski definition) is 4. The zero-order chi connectivity index (χ0) is 21.3. The summed E-state index contributed by atoms with van der Waals surface area (Å²) >= 11 is 0. The first-order valence-electron chi connectivity index (χ1n) is 9.25. The van der Waals surface area contributed by atoms with Crippen LogP contribution in [-0.2, 0) is 0 Å². The van der Waals surface area contributed by atoms with Crippen molar-refractivity contribution in [1.29, 1.82) is 0 Å². The van der Waals surface area contributed by atoms with Gasteiger partial charge in [0.15, 0.2) is 11.5 Å². The summed E-state index contributed by atoms with van der Waals surface area (Å²) in [5.41, 5.74) is 3.17. The van der Waals surface area contributed by atoms with Gasteiger partial charge in [-0.25, -0.2) is 0 Å². The van der Waals surface area contributed by atoms with Crippen LogP contribution in [0, 0.1) is 23.7 Å². The predicted molar refractivity (Wildman–Crippen MR) is 117 cm³/mol. The lowest BCUT2D eigenvalue weighted by Gasteiger charge is -2.09. The van der Waals surface area contributed by atoms with Gasteiger partial charge in [-0.15, -0.1) is 0 Å². The van der Waals surface area contributed by atoms with Crippen molar-refractivity contribution in [3.05, 3.63) is 82.9 Å². The van der Waals surface area contributed by atoms with Crippen molar-refractivity contribution in [2.75, 3.05) is 28.4 Å². The lowest BCUT2D eigenvalue weighted by Crippen LogP contribution is -1.94. The van der Waals surface area contributed by atoms with Crippen LogP contribution in [0.3, 0.4) is 0 Å². The molecule has 0 aliphatic rings. The topological polar surface area (TPSA) is 36.9 Å². The molecule has 4 heteroatoms. The molecule has 0 radical (unpaired) electrons. The Labute approximate surface area is 177 Å². The van der Waals surface area contributed by atoms with E-state index in [0.717, 1.165) is 22.3 Å². The third-order valence-corrected chi connectivity index (χ3v) is 4.33. The van der Waals surface area contributed by atoms with Crippen molar-refractivity contribution in [2.24, 2.45) is 0 Å². The van der Waals surface area contributed by atoms with Crippen LogP contribution in [0.1, 0.15) is 22.3 Å². The molecule has 30 heavy (non-hydrogen) atoms. The zero-order valence-corrected chi connectivity index (χ0v) is 17.4. The molecule has 3 aromatic carbocycles. The molecule has 0 N–H and O–H groups in total. The van der Waals surface area contributed by atoms with Crippen LogP contribution in [0.25, 0.3) is 0 Å². The second kappa shape index (κ2) is 9.96. The molecule has 0 heterocycles. The Morgan fingerprint density at radius 1 is 0.500 bits per heavy atom. The predicted octanol–water partition coefficient (Wildman–Crippen LogP) is 4.52. The monoisotopic (exact) mass is 398 g/mol. The smallest absolute Gasteiger partial charge is 0.162 e. The summed E-state index contributed by atoms with van der Waals surface area (Å²) in [4.78, 5) is 0. The zero-order valence-electron chi connectivity index (χ0n) is 17.4. The molecule has 0 aliphatic heterocycles. The number of hydrogen-bond donors (Lipinski definition) is 0. The van der Waals surface area contributed by atoms with Gasteiger partial charge < -0.3 is 18.9 Å². The standard InChI is InChI=1S/C26H22O4/c1-27-23-14-20(15-24(18-23)28-2)11-13-22-17-26(30-4)25(29-3)16-21(22)12-10-19-8-6-5-7-9-19/h5-9,14-18H,1-4H3. The van der Waals surface area contributed by atoms with Gasteiger partial charge in [-0.3, -0.25) is 0 Å². The third-order valence-electron chi connectivity index (χ3n) is 4.33. The molecule has 0 fully saturated rings. The maximum absolute atomic E-state index is 5.44. The van der Waals surface area contributed by atoms with Crippen LogP contribution in [0.15, 0.2) is 60.7 Å². The first-order valence-corrected chi connectivity index (χ1v) is 9.25. The molecule has 0 saturated heterocycles. The van der Waals surface area contributed by atoms with Gasteiger partial charge in [-0.1, -0.05) is 41.9 Å². The van der Waals surface area contributed by atoms with Gasteiger partial charge in [-0.2, -0.15) is 0 Å². The van der Waals surface area contributed by atoms with Crippen LogP contribution in [-0.4, -0.2) is 28.4 Å². The Balaban J connectivity index is 2.08. The van der Waals surface area contributed by atoms with Crippen LogP contribution >= 0.6 is 0 Å². The van der Waals surface area contributed by atoms with E-state index in [2.05, 4.69) is 23.7 Å². The Hall–Kier alpha value is -4.02. The van der Waals surface area contributed by atoms with Gasteiger partial charge in [0, 0.05) is 40.5 Å². The van der Waals surface area contributed by atoms with Gasteiger partial charge in [0.1, 0.15) is 11.5 Å². The van der Waals surface area contributed by atoms with Crippen molar-refractivity contribution in [2.45, 2.75) is 0 Å². The summed E-state index contributed by atoms with van der Waals surface area (Å²) in [5.74, 6) is 15.3. The summed E-state index contributed by atoms with van der Waals surface area (Å²) in [6, 6.07) is 19.0. The van der Waals surface area contributed by atoms with E-state index in [-0.39, 0.29) is 0 Å². The van der Waals surface area contributed by atoms with Gasteiger partial charge in [0.2, 0.25) is 0 Å². The minimum absolute atomic E-state index is 0.593. The summed E-state index contributed by atoms with van der Waals surface area (Å²) in [7, 11) is 6.41. The van der Waals surface area contributed by atoms with Gasteiger partial charge >= 0.3 is 0 Å². The number of rotatable bonds is 4. The van der Waals surface area contributed by atoms with E-state index >= 15 is 0 Å². The molecule has 3 aromatic rings. The minimum atomic E-state index is 0.593. The van der Waals surface area contributed by atoms with Crippen molar-refractivity contribution < 1.29 is 18.9 Å². The van der Waals surface area contributed by atoms with E-state index in [9.17, 15) is 0 Å². The van der Waals surface area contributed by atoms with E-state index in [0.29, 0.717) is 23.0 Å². The van der Waals surface area contributed by atoms with Crippen LogP contribution < -0.4 is 18.9 Å². The fourth-order valence-electron chi connectivity index (χ4n) is 2.77. The molecule has 0 unspecified atom stereocenters. The van der Waals surface area contributed by atoms with Crippen molar-refractivity contribution in [1.82, 2.24) is 0 Å². The number of ether oxygens (including phenoxy) is 4. The van der Waals surface area contributed by atoms with Gasteiger partial charge in [0.05, 0.1) is 28.4 Å². The lowest BCUT2D eigenvalue weighted by molar-refractivity contribution is 0.355. The fraction of sp³-hybridized carbons (Fsp3) is 0.154. The Bertz CT molecular complexity index is 1120. The first kappa shape index (κ1) is 20.7.